The lowest BCUT2D eigenvalue weighted by atomic mass is 10.1. The number of benzene rings is 2. The molecule has 2 aromatic carbocycles. The summed E-state index contributed by atoms with van der Waals surface area (Å²) in [7, 11) is 1.68. The minimum Gasteiger partial charge on any atom is -0.497 e. The highest BCUT2D eigenvalue weighted by atomic mass is 32.2. The summed E-state index contributed by atoms with van der Waals surface area (Å²) in [6.07, 6.45) is 7.72. The summed E-state index contributed by atoms with van der Waals surface area (Å²) in [6, 6.07) is 16.3. The third-order valence-electron chi connectivity index (χ3n) is 4.37. The Morgan fingerprint density at radius 2 is 1.93 bits per heavy atom. The van der Waals surface area contributed by atoms with Crippen molar-refractivity contribution in [2.75, 3.05) is 12.4 Å². The zero-order valence-electron chi connectivity index (χ0n) is 16.2. The highest BCUT2D eigenvalue weighted by molar-refractivity contribution is 8.00. The van der Waals surface area contributed by atoms with Crippen LogP contribution in [-0.4, -0.2) is 27.8 Å². The summed E-state index contributed by atoms with van der Waals surface area (Å²) < 4.78 is 7.36. The second-order valence-corrected chi connectivity index (χ2v) is 7.97. The van der Waals surface area contributed by atoms with E-state index < -0.39 is 0 Å². The molecule has 0 fully saturated rings. The molecule has 0 aliphatic heterocycles. The van der Waals surface area contributed by atoms with Gasteiger partial charge >= 0.3 is 0 Å². The molecule has 0 radical (unpaired) electrons. The molecule has 6 heteroatoms. The summed E-state index contributed by atoms with van der Waals surface area (Å²) in [6.45, 7) is 2.41. The number of thioether (sulfide) groups is 1. The Morgan fingerprint density at radius 3 is 2.54 bits per heavy atom. The van der Waals surface area contributed by atoms with Gasteiger partial charge in [-0.25, -0.2) is 4.98 Å². The number of methoxy groups -OCH3 is 1. The molecule has 1 aromatic heterocycles. The molecule has 0 spiro atoms. The zero-order valence-corrected chi connectivity index (χ0v) is 17.0. The maximum atomic E-state index is 11.2. The van der Waals surface area contributed by atoms with E-state index in [-0.39, 0.29) is 5.91 Å². The van der Waals surface area contributed by atoms with Crippen LogP contribution in [0, 0.1) is 0 Å². The van der Waals surface area contributed by atoms with Crippen molar-refractivity contribution in [3.63, 3.8) is 0 Å². The normalized spacial score (nSPS) is 11.8. The van der Waals surface area contributed by atoms with Crippen molar-refractivity contribution in [2.45, 2.75) is 36.5 Å². The number of hydrogen-bond acceptors (Lipinski definition) is 4. The number of nitrogens with zero attached hydrogens (tertiary/aromatic N) is 2. The van der Waals surface area contributed by atoms with Crippen LogP contribution in [0.3, 0.4) is 0 Å². The fraction of sp³-hybridized carbons (Fsp3) is 0.273. The Kier molecular flexibility index (Phi) is 7.14. The van der Waals surface area contributed by atoms with Crippen LogP contribution < -0.4 is 10.1 Å². The molecule has 0 saturated heterocycles. The van der Waals surface area contributed by atoms with Gasteiger partial charge in [-0.2, -0.15) is 0 Å². The van der Waals surface area contributed by atoms with Gasteiger partial charge in [0.25, 0.3) is 0 Å². The van der Waals surface area contributed by atoms with Crippen LogP contribution in [0.4, 0.5) is 5.69 Å². The van der Waals surface area contributed by atoms with Crippen LogP contribution in [0.15, 0.2) is 72.1 Å². The monoisotopic (exact) mass is 395 g/mol. The SMILES string of the molecule is COc1ccc(CCC(Cn2ccnc2)Sc2ccc(NC(C)=O)cc2)cc1. The van der Waals surface area contributed by atoms with Crippen LogP contribution >= 0.6 is 11.8 Å². The number of anilines is 1. The number of aromatic nitrogens is 2. The van der Waals surface area contributed by atoms with Crippen molar-refractivity contribution >= 4 is 23.4 Å². The molecule has 0 aliphatic carbocycles. The van der Waals surface area contributed by atoms with Crippen LogP contribution in [0.5, 0.6) is 5.75 Å². The minimum atomic E-state index is -0.0575. The van der Waals surface area contributed by atoms with E-state index in [0.717, 1.165) is 30.8 Å². The summed E-state index contributed by atoms with van der Waals surface area (Å²) >= 11 is 1.86. The molecule has 3 aromatic rings. The average molecular weight is 396 g/mol. The van der Waals surface area contributed by atoms with Crippen molar-refractivity contribution < 1.29 is 9.53 Å². The van der Waals surface area contributed by atoms with E-state index in [0.29, 0.717) is 5.25 Å². The summed E-state index contributed by atoms with van der Waals surface area (Å²) in [5, 5.41) is 3.21. The number of carbonyl (C=O) groups is 1. The topological polar surface area (TPSA) is 56.1 Å². The number of amides is 1. The first-order valence-electron chi connectivity index (χ1n) is 9.25. The van der Waals surface area contributed by atoms with Crippen LogP contribution in [0.1, 0.15) is 18.9 Å². The standard InChI is InChI=1S/C22H25N3O2S/c1-17(26)24-19-6-11-21(12-7-19)28-22(15-25-14-13-23-16-25)10-5-18-3-8-20(27-2)9-4-18/h3-4,6-9,11-14,16,22H,5,10,15H2,1-2H3,(H,24,26). The molecule has 28 heavy (non-hydrogen) atoms. The second kappa shape index (κ2) is 9.99. The minimum absolute atomic E-state index is 0.0575. The lowest BCUT2D eigenvalue weighted by Gasteiger charge is -2.18. The van der Waals surface area contributed by atoms with Crippen molar-refractivity contribution in [3.8, 4) is 5.75 Å². The van der Waals surface area contributed by atoms with E-state index in [1.54, 1.807) is 7.11 Å². The van der Waals surface area contributed by atoms with E-state index >= 15 is 0 Å². The van der Waals surface area contributed by atoms with Gasteiger partial charge in [0.05, 0.1) is 13.4 Å². The van der Waals surface area contributed by atoms with Gasteiger partial charge in [0.2, 0.25) is 5.91 Å². The first kappa shape index (κ1) is 20.0. The molecule has 5 nitrogen and oxygen atoms in total. The Bertz CT molecular complexity index is 862. The Balaban J connectivity index is 1.64. The molecule has 1 N–H and O–H groups in total. The highest BCUT2D eigenvalue weighted by Gasteiger charge is 2.12. The maximum absolute atomic E-state index is 11.2. The molecular formula is C22H25N3O2S. The van der Waals surface area contributed by atoms with E-state index in [2.05, 4.69) is 39.1 Å². The van der Waals surface area contributed by atoms with E-state index in [1.807, 2.05) is 54.7 Å². The fourth-order valence-corrected chi connectivity index (χ4v) is 4.11. The van der Waals surface area contributed by atoms with Gasteiger partial charge in [-0.3, -0.25) is 4.79 Å². The molecule has 1 heterocycles. The number of carbonyl (C=O) groups excluding carboxylic acids is 1. The molecule has 0 bridgehead atoms. The van der Waals surface area contributed by atoms with E-state index in [1.165, 1.54) is 17.4 Å². The lowest BCUT2D eigenvalue weighted by molar-refractivity contribution is -0.114. The van der Waals surface area contributed by atoms with Crippen molar-refractivity contribution in [3.05, 3.63) is 72.8 Å². The van der Waals surface area contributed by atoms with Gasteiger partial charge in [-0.1, -0.05) is 12.1 Å². The summed E-state index contributed by atoms with van der Waals surface area (Å²) in [5.41, 5.74) is 2.12. The fourth-order valence-electron chi connectivity index (χ4n) is 2.95. The third-order valence-corrected chi connectivity index (χ3v) is 5.63. The Hall–Kier alpha value is -2.73. The molecule has 1 amide bonds. The second-order valence-electron chi connectivity index (χ2n) is 6.59. The van der Waals surface area contributed by atoms with Crippen molar-refractivity contribution in [2.24, 2.45) is 0 Å². The first-order valence-corrected chi connectivity index (χ1v) is 10.1. The van der Waals surface area contributed by atoms with Crippen molar-refractivity contribution in [1.29, 1.82) is 0 Å². The largest absolute Gasteiger partial charge is 0.497 e. The predicted octanol–water partition coefficient (Wildman–Crippen LogP) is 4.64. The number of imidazole rings is 1. The Labute approximate surface area is 170 Å². The maximum Gasteiger partial charge on any atom is 0.221 e. The van der Waals surface area contributed by atoms with Crippen LogP contribution in [-0.2, 0) is 17.8 Å². The van der Waals surface area contributed by atoms with Gasteiger partial charge < -0.3 is 14.6 Å². The summed E-state index contributed by atoms with van der Waals surface area (Å²) in [4.78, 5) is 16.5. The number of rotatable bonds is 9. The van der Waals surface area contributed by atoms with Crippen LogP contribution in [0.2, 0.25) is 0 Å². The Morgan fingerprint density at radius 1 is 1.18 bits per heavy atom. The lowest BCUT2D eigenvalue weighted by Crippen LogP contribution is -2.13. The predicted molar refractivity (Wildman–Crippen MR) is 114 cm³/mol. The number of aryl methyl sites for hydroxylation is 1. The number of ether oxygens (including phenoxy) is 1. The molecular weight excluding hydrogens is 370 g/mol. The molecule has 0 saturated carbocycles. The van der Waals surface area contributed by atoms with Gasteiger partial charge in [0.15, 0.2) is 0 Å². The number of hydrogen-bond donors (Lipinski definition) is 1. The average Bonchev–Trinajstić information content (AvgIpc) is 3.21. The summed E-state index contributed by atoms with van der Waals surface area (Å²) in [5.74, 6) is 0.824. The number of nitrogens with one attached hydrogen (secondary N) is 1. The quantitative estimate of drug-likeness (QED) is 0.536. The van der Waals surface area contributed by atoms with Gasteiger partial charge in [-0.15, -0.1) is 11.8 Å². The molecule has 1 atom stereocenters. The third kappa shape index (κ3) is 6.16. The van der Waals surface area contributed by atoms with E-state index in [4.69, 9.17) is 4.74 Å². The first-order chi connectivity index (χ1) is 13.6. The highest BCUT2D eigenvalue weighted by Crippen LogP contribution is 2.29. The zero-order chi connectivity index (χ0) is 19.8. The molecule has 3 rings (SSSR count). The van der Waals surface area contributed by atoms with Crippen LogP contribution in [0.25, 0.3) is 0 Å². The van der Waals surface area contributed by atoms with Gasteiger partial charge in [0, 0.05) is 41.7 Å². The smallest absolute Gasteiger partial charge is 0.221 e. The van der Waals surface area contributed by atoms with Crippen molar-refractivity contribution in [1.82, 2.24) is 9.55 Å². The molecule has 1 unspecified atom stereocenters. The van der Waals surface area contributed by atoms with E-state index in [9.17, 15) is 4.79 Å². The molecule has 0 aliphatic rings. The van der Waals surface area contributed by atoms with Gasteiger partial charge in [0.1, 0.15) is 5.75 Å². The van der Waals surface area contributed by atoms with Gasteiger partial charge in [-0.05, 0) is 54.8 Å². The molecule has 146 valence electrons.